The molecule has 4 heterocycles. The Balaban J connectivity index is 1.86. The summed E-state index contributed by atoms with van der Waals surface area (Å²) in [7, 11) is -3.81. The molecule has 26 heavy (non-hydrogen) atoms. The van der Waals surface area contributed by atoms with Crippen molar-refractivity contribution < 1.29 is 8.42 Å². The topological polar surface area (TPSA) is 137 Å². The van der Waals surface area contributed by atoms with Crippen molar-refractivity contribution in [3.05, 3.63) is 58.5 Å². The number of primary sulfonamides is 1. The first-order valence-electron chi connectivity index (χ1n) is 7.65. The molecule has 0 atom stereocenters. The molecule has 0 spiro atoms. The van der Waals surface area contributed by atoms with E-state index in [0.29, 0.717) is 22.4 Å². The largest absolute Gasteiger partial charge is 0.326 e. The van der Waals surface area contributed by atoms with E-state index < -0.39 is 10.0 Å². The van der Waals surface area contributed by atoms with Crippen LogP contribution in [0.15, 0.2) is 46.3 Å². The molecule has 132 valence electrons. The van der Waals surface area contributed by atoms with Crippen LogP contribution in [0.4, 0.5) is 0 Å². The summed E-state index contributed by atoms with van der Waals surface area (Å²) in [6.45, 7) is 2.03. The SMILES string of the molecule is Cc1ccc2c(ncc3[nH]c(=O)n(Cc4ccc(S(N)(=O)=O)cn4)c32)n1. The predicted molar refractivity (Wildman–Crippen MR) is 95.1 cm³/mol. The zero-order valence-corrected chi connectivity index (χ0v) is 14.5. The van der Waals surface area contributed by atoms with Gasteiger partial charge in [-0.1, -0.05) is 0 Å². The van der Waals surface area contributed by atoms with Crippen LogP contribution in [0.2, 0.25) is 0 Å². The van der Waals surface area contributed by atoms with Crippen LogP contribution in [-0.4, -0.2) is 32.9 Å². The highest BCUT2D eigenvalue weighted by Gasteiger charge is 2.14. The van der Waals surface area contributed by atoms with Crippen LogP contribution < -0.4 is 10.8 Å². The van der Waals surface area contributed by atoms with Crippen LogP contribution in [0.5, 0.6) is 0 Å². The summed E-state index contributed by atoms with van der Waals surface area (Å²) in [6, 6.07) is 6.61. The second kappa shape index (κ2) is 5.71. The predicted octanol–water partition coefficient (Wildman–Crippen LogP) is 0.672. The Kier molecular flexibility index (Phi) is 3.60. The molecule has 0 aliphatic rings. The molecule has 9 nitrogen and oxygen atoms in total. The molecule has 0 aromatic carbocycles. The molecule has 4 rings (SSSR count). The van der Waals surface area contributed by atoms with Crippen molar-refractivity contribution in [2.24, 2.45) is 5.14 Å². The third kappa shape index (κ3) is 2.74. The van der Waals surface area contributed by atoms with Crippen molar-refractivity contribution in [2.45, 2.75) is 18.4 Å². The Morgan fingerprint density at radius 2 is 1.96 bits per heavy atom. The lowest BCUT2D eigenvalue weighted by molar-refractivity contribution is 0.597. The molecule has 10 heteroatoms. The number of fused-ring (bicyclic) bond motifs is 3. The summed E-state index contributed by atoms with van der Waals surface area (Å²) in [4.78, 5) is 27.8. The van der Waals surface area contributed by atoms with Crippen LogP contribution in [0, 0.1) is 6.92 Å². The number of nitrogens with two attached hydrogens (primary N) is 1. The molecule has 4 aromatic rings. The van der Waals surface area contributed by atoms with E-state index in [1.165, 1.54) is 22.9 Å². The maximum absolute atomic E-state index is 12.4. The number of rotatable bonds is 3. The lowest BCUT2D eigenvalue weighted by Gasteiger charge is -2.06. The van der Waals surface area contributed by atoms with Gasteiger partial charge in [-0.2, -0.15) is 0 Å². The van der Waals surface area contributed by atoms with Crippen LogP contribution in [0.3, 0.4) is 0 Å². The number of pyridine rings is 3. The van der Waals surface area contributed by atoms with Crippen molar-refractivity contribution >= 4 is 32.1 Å². The van der Waals surface area contributed by atoms with Crippen LogP contribution >= 0.6 is 0 Å². The van der Waals surface area contributed by atoms with Gasteiger partial charge < -0.3 is 4.98 Å². The second-order valence-electron chi connectivity index (χ2n) is 5.89. The number of nitrogens with one attached hydrogen (secondary N) is 1. The average molecular weight is 370 g/mol. The summed E-state index contributed by atoms with van der Waals surface area (Å²) in [6.07, 6.45) is 2.74. The van der Waals surface area contributed by atoms with Gasteiger partial charge in [0.25, 0.3) is 0 Å². The minimum absolute atomic E-state index is 0.0816. The zero-order valence-electron chi connectivity index (χ0n) is 13.7. The van der Waals surface area contributed by atoms with E-state index in [1.807, 2.05) is 19.1 Å². The number of hydrogen-bond donors (Lipinski definition) is 2. The van der Waals surface area contributed by atoms with E-state index in [9.17, 15) is 13.2 Å². The van der Waals surface area contributed by atoms with Gasteiger partial charge >= 0.3 is 5.69 Å². The molecule has 0 saturated carbocycles. The normalized spacial score (nSPS) is 12.1. The number of aromatic nitrogens is 5. The van der Waals surface area contributed by atoms with Crippen molar-refractivity contribution in [2.75, 3.05) is 0 Å². The van der Waals surface area contributed by atoms with Gasteiger partial charge in [-0.05, 0) is 31.2 Å². The van der Waals surface area contributed by atoms with Crippen molar-refractivity contribution in [1.29, 1.82) is 0 Å². The molecule has 0 aliphatic heterocycles. The number of sulfonamides is 1. The smallest absolute Gasteiger partial charge is 0.304 e. The summed E-state index contributed by atoms with van der Waals surface area (Å²) >= 11 is 0. The van der Waals surface area contributed by atoms with Crippen LogP contribution in [-0.2, 0) is 16.6 Å². The highest BCUT2D eigenvalue weighted by molar-refractivity contribution is 7.89. The Morgan fingerprint density at radius 1 is 1.15 bits per heavy atom. The highest BCUT2D eigenvalue weighted by atomic mass is 32.2. The van der Waals surface area contributed by atoms with Gasteiger partial charge in [-0.15, -0.1) is 0 Å². The van der Waals surface area contributed by atoms with E-state index in [-0.39, 0.29) is 17.1 Å². The maximum Gasteiger partial charge on any atom is 0.326 e. The van der Waals surface area contributed by atoms with Gasteiger partial charge in [-0.3, -0.25) is 9.55 Å². The monoisotopic (exact) mass is 370 g/mol. The lowest BCUT2D eigenvalue weighted by atomic mass is 10.2. The minimum Gasteiger partial charge on any atom is -0.304 e. The lowest BCUT2D eigenvalue weighted by Crippen LogP contribution is -2.18. The van der Waals surface area contributed by atoms with Crippen LogP contribution in [0.25, 0.3) is 22.1 Å². The fourth-order valence-electron chi connectivity index (χ4n) is 2.81. The quantitative estimate of drug-likeness (QED) is 0.544. The van der Waals surface area contributed by atoms with E-state index in [4.69, 9.17) is 5.14 Å². The molecule has 0 aliphatic carbocycles. The third-order valence-electron chi connectivity index (χ3n) is 4.04. The Bertz CT molecular complexity index is 1310. The standard InChI is InChI=1S/C16H14N6O3S/c1-9-2-5-12-14-13(7-19-15(12)20-9)21-16(23)22(14)8-10-3-4-11(6-18-10)26(17,24)25/h2-7H,8H2,1H3,(H,21,23)(H2,17,24,25). The zero-order chi connectivity index (χ0) is 18.5. The Labute approximate surface area is 147 Å². The molecular formula is C16H14N6O3S. The van der Waals surface area contributed by atoms with E-state index in [0.717, 1.165) is 11.1 Å². The molecule has 0 unspecified atom stereocenters. The number of imidazole rings is 1. The highest BCUT2D eigenvalue weighted by Crippen LogP contribution is 2.21. The van der Waals surface area contributed by atoms with E-state index >= 15 is 0 Å². The third-order valence-corrected chi connectivity index (χ3v) is 4.94. The Morgan fingerprint density at radius 3 is 2.65 bits per heavy atom. The van der Waals surface area contributed by atoms with Crippen molar-refractivity contribution in [3.8, 4) is 0 Å². The van der Waals surface area contributed by atoms with Gasteiger partial charge in [0.05, 0.1) is 29.5 Å². The van der Waals surface area contributed by atoms with E-state index in [2.05, 4.69) is 19.9 Å². The van der Waals surface area contributed by atoms with Gasteiger partial charge in [0.1, 0.15) is 4.90 Å². The molecule has 0 radical (unpaired) electrons. The van der Waals surface area contributed by atoms with Gasteiger partial charge in [0, 0.05) is 17.3 Å². The number of aryl methyl sites for hydroxylation is 1. The van der Waals surface area contributed by atoms with Gasteiger partial charge in [-0.25, -0.2) is 28.3 Å². The second-order valence-corrected chi connectivity index (χ2v) is 7.45. The average Bonchev–Trinajstić information content (AvgIpc) is 2.90. The number of nitrogens with zero attached hydrogens (tertiary/aromatic N) is 4. The van der Waals surface area contributed by atoms with E-state index in [1.54, 1.807) is 6.20 Å². The summed E-state index contributed by atoms with van der Waals surface area (Å²) in [5, 5.41) is 5.82. The number of H-pyrrole nitrogens is 1. The summed E-state index contributed by atoms with van der Waals surface area (Å²) in [5.74, 6) is 0. The van der Waals surface area contributed by atoms with Gasteiger partial charge in [0.15, 0.2) is 5.65 Å². The number of aromatic amines is 1. The molecule has 0 bridgehead atoms. The Hall–Kier alpha value is -3.11. The molecule has 3 N–H and O–H groups in total. The fraction of sp³-hybridized carbons (Fsp3) is 0.125. The first-order valence-corrected chi connectivity index (χ1v) is 9.20. The minimum atomic E-state index is -3.81. The molecule has 0 amide bonds. The van der Waals surface area contributed by atoms with Crippen molar-refractivity contribution in [1.82, 2.24) is 24.5 Å². The first-order chi connectivity index (χ1) is 12.3. The van der Waals surface area contributed by atoms with Crippen LogP contribution in [0.1, 0.15) is 11.4 Å². The molecule has 4 aromatic heterocycles. The molecule has 0 fully saturated rings. The summed E-state index contributed by atoms with van der Waals surface area (Å²) in [5.41, 5.74) is 2.84. The van der Waals surface area contributed by atoms with Crippen molar-refractivity contribution in [3.63, 3.8) is 0 Å². The fourth-order valence-corrected chi connectivity index (χ4v) is 3.27. The summed E-state index contributed by atoms with van der Waals surface area (Å²) < 4.78 is 24.2. The first kappa shape index (κ1) is 16.4. The van der Waals surface area contributed by atoms with Gasteiger partial charge in [0.2, 0.25) is 10.0 Å². The maximum atomic E-state index is 12.4. The molecule has 0 saturated heterocycles. The molecular weight excluding hydrogens is 356 g/mol. The number of hydrogen-bond acceptors (Lipinski definition) is 6.